The first kappa shape index (κ1) is 13.4. The highest BCUT2D eigenvalue weighted by atomic mass is 32.1. The maximum atomic E-state index is 12.0. The van der Waals surface area contributed by atoms with E-state index < -0.39 is 0 Å². The Morgan fingerprint density at radius 2 is 2.44 bits per heavy atom. The number of nitrogens with one attached hydrogen (secondary N) is 1. The number of likely N-dealkylation sites (tertiary alicyclic amines) is 1. The highest BCUT2D eigenvalue weighted by Crippen LogP contribution is 2.23. The van der Waals surface area contributed by atoms with Gasteiger partial charge in [-0.05, 0) is 19.3 Å². The summed E-state index contributed by atoms with van der Waals surface area (Å²) in [5.74, 6) is 0.612. The van der Waals surface area contributed by atoms with Crippen LogP contribution in [0.5, 0.6) is 5.75 Å². The van der Waals surface area contributed by atoms with E-state index in [1.807, 2.05) is 10.8 Å². The van der Waals surface area contributed by atoms with Gasteiger partial charge in [0, 0.05) is 23.3 Å². The van der Waals surface area contributed by atoms with E-state index in [2.05, 4.69) is 17.1 Å². The summed E-state index contributed by atoms with van der Waals surface area (Å²) < 4.78 is 5.16. The minimum Gasteiger partial charge on any atom is -0.495 e. The molecule has 1 amide bonds. The van der Waals surface area contributed by atoms with Crippen LogP contribution in [0.4, 0.5) is 0 Å². The van der Waals surface area contributed by atoms with E-state index in [4.69, 9.17) is 4.74 Å². The Hall–Kier alpha value is -1.07. The van der Waals surface area contributed by atoms with E-state index in [-0.39, 0.29) is 5.91 Å². The van der Waals surface area contributed by atoms with Crippen molar-refractivity contribution in [3.8, 4) is 5.75 Å². The first-order valence-corrected chi connectivity index (χ1v) is 7.33. The fourth-order valence-electron chi connectivity index (χ4n) is 2.44. The maximum absolute atomic E-state index is 12.0. The fourth-order valence-corrected chi connectivity index (χ4v) is 3.22. The Kier molecular flexibility index (Phi) is 4.60. The summed E-state index contributed by atoms with van der Waals surface area (Å²) in [6.45, 7) is 3.92. The molecule has 0 radical (unpaired) electrons. The van der Waals surface area contributed by atoms with Crippen LogP contribution in [0, 0.1) is 0 Å². The Bertz CT molecular complexity index is 405. The van der Waals surface area contributed by atoms with Crippen LogP contribution in [-0.2, 0) is 0 Å². The third-order valence-electron chi connectivity index (χ3n) is 3.50. The first-order valence-electron chi connectivity index (χ1n) is 6.38. The van der Waals surface area contributed by atoms with E-state index in [1.165, 1.54) is 24.2 Å². The van der Waals surface area contributed by atoms with Crippen LogP contribution < -0.4 is 10.1 Å². The molecule has 0 aliphatic carbocycles. The van der Waals surface area contributed by atoms with Gasteiger partial charge in [0.25, 0.3) is 5.91 Å². The zero-order valence-electron chi connectivity index (χ0n) is 10.9. The summed E-state index contributed by atoms with van der Waals surface area (Å²) in [5, 5.41) is 6.66. The van der Waals surface area contributed by atoms with Crippen LogP contribution in [0.15, 0.2) is 10.8 Å². The molecule has 1 fully saturated rings. The topological polar surface area (TPSA) is 41.6 Å². The normalized spacial score (nSPS) is 20.0. The van der Waals surface area contributed by atoms with Crippen LogP contribution in [0.1, 0.15) is 36.5 Å². The summed E-state index contributed by atoms with van der Waals surface area (Å²) in [7, 11) is 1.59. The van der Waals surface area contributed by atoms with Crippen molar-refractivity contribution >= 4 is 17.2 Å². The lowest BCUT2D eigenvalue weighted by atomic mass is 10.2. The van der Waals surface area contributed by atoms with Crippen molar-refractivity contribution in [1.29, 1.82) is 0 Å². The van der Waals surface area contributed by atoms with Crippen LogP contribution in [0.3, 0.4) is 0 Å². The molecule has 0 saturated carbocycles. The number of carbonyl (C=O) groups excluding carboxylic acids is 1. The van der Waals surface area contributed by atoms with Crippen LogP contribution >= 0.6 is 11.3 Å². The lowest BCUT2D eigenvalue weighted by Crippen LogP contribution is -2.40. The van der Waals surface area contributed by atoms with Gasteiger partial charge < -0.3 is 10.1 Å². The number of hydrogen-bond acceptors (Lipinski definition) is 4. The molecule has 100 valence electrons. The van der Waals surface area contributed by atoms with Crippen molar-refractivity contribution in [3.05, 3.63) is 16.3 Å². The Labute approximate surface area is 112 Å². The molecule has 1 aliphatic heterocycles. The second-order valence-electron chi connectivity index (χ2n) is 4.53. The monoisotopic (exact) mass is 268 g/mol. The van der Waals surface area contributed by atoms with Gasteiger partial charge in [-0.15, -0.1) is 11.3 Å². The molecule has 1 aromatic heterocycles. The molecule has 4 nitrogen and oxygen atoms in total. The number of amides is 1. The van der Waals surface area contributed by atoms with Crippen molar-refractivity contribution < 1.29 is 9.53 Å². The van der Waals surface area contributed by atoms with E-state index in [0.717, 1.165) is 13.0 Å². The van der Waals surface area contributed by atoms with E-state index in [1.54, 1.807) is 7.11 Å². The molecule has 18 heavy (non-hydrogen) atoms. The number of nitrogens with zero attached hydrogens (tertiary/aromatic N) is 1. The Morgan fingerprint density at radius 1 is 1.61 bits per heavy atom. The highest BCUT2D eigenvalue weighted by molar-refractivity contribution is 7.08. The molecule has 1 atom stereocenters. The fraction of sp³-hybridized carbons (Fsp3) is 0.615. The standard InChI is InChI=1S/C13H20N2O2S/c1-3-10-5-4-6-15(10)9-14-13(16)11-7-18-8-12(11)17-2/h7-8,10H,3-6,9H2,1-2H3,(H,14,16). The molecule has 0 bridgehead atoms. The van der Waals surface area contributed by atoms with Gasteiger partial charge in [-0.1, -0.05) is 6.92 Å². The van der Waals surface area contributed by atoms with Crippen molar-refractivity contribution in [2.24, 2.45) is 0 Å². The zero-order chi connectivity index (χ0) is 13.0. The molecule has 1 saturated heterocycles. The summed E-state index contributed by atoms with van der Waals surface area (Å²) in [6.07, 6.45) is 3.63. The van der Waals surface area contributed by atoms with Gasteiger partial charge in [0.2, 0.25) is 0 Å². The van der Waals surface area contributed by atoms with Crippen molar-refractivity contribution in [3.63, 3.8) is 0 Å². The number of carbonyl (C=O) groups is 1. The van der Waals surface area contributed by atoms with Gasteiger partial charge in [0.05, 0.1) is 19.3 Å². The van der Waals surface area contributed by atoms with Crippen LogP contribution in [-0.4, -0.2) is 37.2 Å². The highest BCUT2D eigenvalue weighted by Gasteiger charge is 2.23. The smallest absolute Gasteiger partial charge is 0.256 e. The number of rotatable bonds is 5. The Morgan fingerprint density at radius 3 is 3.17 bits per heavy atom. The van der Waals surface area contributed by atoms with Crippen LogP contribution in [0.25, 0.3) is 0 Å². The summed E-state index contributed by atoms with van der Waals surface area (Å²) in [6, 6.07) is 0.620. The van der Waals surface area contributed by atoms with Gasteiger partial charge in [-0.2, -0.15) is 0 Å². The van der Waals surface area contributed by atoms with E-state index in [9.17, 15) is 4.79 Å². The molecule has 2 rings (SSSR count). The average molecular weight is 268 g/mol. The lowest BCUT2D eigenvalue weighted by Gasteiger charge is -2.23. The molecule has 1 N–H and O–H groups in total. The minimum atomic E-state index is -0.0464. The third kappa shape index (κ3) is 2.84. The third-order valence-corrected chi connectivity index (χ3v) is 4.23. The molecular weight excluding hydrogens is 248 g/mol. The molecule has 1 aromatic rings. The average Bonchev–Trinajstić information content (AvgIpc) is 3.03. The van der Waals surface area contributed by atoms with E-state index in [0.29, 0.717) is 24.0 Å². The largest absolute Gasteiger partial charge is 0.495 e. The van der Waals surface area contributed by atoms with Gasteiger partial charge in [-0.25, -0.2) is 0 Å². The first-order chi connectivity index (χ1) is 8.76. The minimum absolute atomic E-state index is 0.0464. The summed E-state index contributed by atoms with van der Waals surface area (Å²) >= 11 is 1.48. The predicted molar refractivity (Wildman–Crippen MR) is 73.2 cm³/mol. The van der Waals surface area contributed by atoms with Gasteiger partial charge >= 0.3 is 0 Å². The van der Waals surface area contributed by atoms with Crippen LogP contribution in [0.2, 0.25) is 0 Å². The van der Waals surface area contributed by atoms with Gasteiger partial charge in [0.15, 0.2) is 0 Å². The molecule has 0 aromatic carbocycles. The van der Waals surface area contributed by atoms with Crippen molar-refractivity contribution in [1.82, 2.24) is 10.2 Å². The van der Waals surface area contributed by atoms with Gasteiger partial charge in [0.1, 0.15) is 5.75 Å². The second-order valence-corrected chi connectivity index (χ2v) is 5.28. The zero-order valence-corrected chi connectivity index (χ0v) is 11.8. The molecule has 1 aliphatic rings. The lowest BCUT2D eigenvalue weighted by molar-refractivity contribution is 0.0915. The Balaban J connectivity index is 1.88. The van der Waals surface area contributed by atoms with E-state index >= 15 is 0 Å². The molecular formula is C13H20N2O2S. The van der Waals surface area contributed by atoms with Crippen molar-refractivity contribution in [2.45, 2.75) is 32.2 Å². The predicted octanol–water partition coefficient (Wildman–Crippen LogP) is 2.32. The summed E-state index contributed by atoms with van der Waals surface area (Å²) in [4.78, 5) is 14.4. The quantitative estimate of drug-likeness (QED) is 0.891. The van der Waals surface area contributed by atoms with Gasteiger partial charge in [-0.3, -0.25) is 9.69 Å². The number of ether oxygens (including phenoxy) is 1. The summed E-state index contributed by atoms with van der Waals surface area (Å²) in [5.41, 5.74) is 0.634. The number of hydrogen-bond donors (Lipinski definition) is 1. The SMILES string of the molecule is CCC1CCCN1CNC(=O)c1cscc1OC. The molecule has 1 unspecified atom stereocenters. The molecule has 5 heteroatoms. The molecule has 2 heterocycles. The number of thiophene rings is 1. The number of methoxy groups -OCH3 is 1. The second kappa shape index (κ2) is 6.20. The maximum Gasteiger partial charge on any atom is 0.256 e. The molecule has 0 spiro atoms. The van der Waals surface area contributed by atoms with Crippen molar-refractivity contribution in [2.75, 3.05) is 20.3 Å².